The molecule has 0 aliphatic heterocycles. The third-order valence-electron chi connectivity index (χ3n) is 5.62. The van der Waals surface area contributed by atoms with Gasteiger partial charge in [-0.05, 0) is 43.2 Å². The molecule has 1 aromatic rings. The van der Waals surface area contributed by atoms with Gasteiger partial charge in [-0.15, -0.1) is 0 Å². The smallest absolute Gasteiger partial charge is 0.306 e. The molecule has 0 saturated carbocycles. The van der Waals surface area contributed by atoms with Crippen molar-refractivity contribution in [1.82, 2.24) is 0 Å². The maximum atomic E-state index is 12.0. The third-order valence-corrected chi connectivity index (χ3v) is 5.62. The number of carbonyl (C=O) groups is 1. The van der Waals surface area contributed by atoms with Crippen LogP contribution >= 0.6 is 0 Å². The molecule has 0 bridgehead atoms. The van der Waals surface area contributed by atoms with Gasteiger partial charge in [0.2, 0.25) is 0 Å². The molecule has 0 aromatic heterocycles. The zero-order valence-corrected chi connectivity index (χ0v) is 20.2. The van der Waals surface area contributed by atoms with E-state index in [1.807, 2.05) is 31.2 Å². The Bertz CT molecular complexity index is 632. The number of aliphatic hydroxyl groups is 2. The maximum absolute atomic E-state index is 12.0. The summed E-state index contributed by atoms with van der Waals surface area (Å²) in [5, 5.41) is 21.6. The molecule has 0 radical (unpaired) electrons. The molecule has 5 heteroatoms. The molecule has 2 unspecified atom stereocenters. The van der Waals surface area contributed by atoms with Crippen LogP contribution in [0.25, 0.3) is 0 Å². The first kappa shape index (κ1) is 28.2. The highest BCUT2D eigenvalue weighted by Gasteiger charge is 2.16. The lowest BCUT2D eigenvalue weighted by Crippen LogP contribution is -2.22. The monoisotopic (exact) mass is 447 g/mol. The number of nitrogens with one attached hydrogen (secondary N) is 1. The number of carbonyl (C=O) groups excluding carboxylic acids is 1. The molecule has 2 atom stereocenters. The number of unbranched alkanes of at least 4 members (excludes halogenated alkanes) is 8. The van der Waals surface area contributed by atoms with Crippen LogP contribution in [0.5, 0.6) is 0 Å². The fourth-order valence-corrected chi connectivity index (χ4v) is 3.65. The Morgan fingerprint density at radius 2 is 1.69 bits per heavy atom. The van der Waals surface area contributed by atoms with Crippen LogP contribution in [-0.4, -0.2) is 42.0 Å². The largest absolute Gasteiger partial charge is 0.463 e. The lowest BCUT2D eigenvalue weighted by Gasteiger charge is -2.17. The van der Waals surface area contributed by atoms with E-state index in [9.17, 15) is 9.90 Å². The number of rotatable bonds is 19. The number of hydrogen-bond donors (Lipinski definition) is 3. The zero-order chi connectivity index (χ0) is 23.4. The van der Waals surface area contributed by atoms with Crippen LogP contribution in [0.4, 0.5) is 5.69 Å². The number of anilines is 1. The van der Waals surface area contributed by atoms with Crippen LogP contribution in [0.15, 0.2) is 36.4 Å². The number of allylic oxidation sites excluding steroid dienone is 2. The van der Waals surface area contributed by atoms with Crippen molar-refractivity contribution in [3.05, 3.63) is 42.0 Å². The summed E-state index contributed by atoms with van der Waals surface area (Å²) in [6.45, 7) is 4.56. The van der Waals surface area contributed by atoms with E-state index in [1.54, 1.807) is 0 Å². The summed E-state index contributed by atoms with van der Waals surface area (Å²) < 4.78 is 5.03. The highest BCUT2D eigenvalue weighted by atomic mass is 16.5. The fraction of sp³-hybridized carbons (Fsp3) is 0.667. The quantitative estimate of drug-likeness (QED) is 0.138. The van der Waals surface area contributed by atoms with Gasteiger partial charge in [0.05, 0.1) is 13.0 Å². The van der Waals surface area contributed by atoms with Gasteiger partial charge in [-0.3, -0.25) is 4.79 Å². The lowest BCUT2D eigenvalue weighted by atomic mass is 9.96. The molecular formula is C27H45NO4. The molecule has 0 heterocycles. The Hall–Kier alpha value is -1.85. The van der Waals surface area contributed by atoms with E-state index in [0.717, 1.165) is 30.6 Å². The van der Waals surface area contributed by atoms with Crippen molar-refractivity contribution in [2.24, 2.45) is 0 Å². The second-order valence-electron chi connectivity index (χ2n) is 8.66. The lowest BCUT2D eigenvalue weighted by molar-refractivity contribution is -0.147. The van der Waals surface area contributed by atoms with Crippen LogP contribution in [0.1, 0.15) is 96.0 Å². The Morgan fingerprint density at radius 1 is 1.03 bits per heavy atom. The normalized spacial score (nSPS) is 13.2. The maximum Gasteiger partial charge on any atom is 0.306 e. The van der Waals surface area contributed by atoms with Crippen LogP contribution in [0.2, 0.25) is 0 Å². The van der Waals surface area contributed by atoms with E-state index in [1.165, 1.54) is 51.4 Å². The average Bonchev–Trinajstić information content (AvgIpc) is 2.80. The molecular weight excluding hydrogens is 402 g/mol. The van der Waals surface area contributed by atoms with Gasteiger partial charge in [0.15, 0.2) is 0 Å². The summed E-state index contributed by atoms with van der Waals surface area (Å²) in [7, 11) is 0. The van der Waals surface area contributed by atoms with Gasteiger partial charge < -0.3 is 20.3 Å². The molecule has 1 aromatic carbocycles. The molecule has 32 heavy (non-hydrogen) atoms. The van der Waals surface area contributed by atoms with E-state index < -0.39 is 12.7 Å². The summed E-state index contributed by atoms with van der Waals surface area (Å²) in [6, 6.07) is 8.05. The van der Waals surface area contributed by atoms with E-state index in [-0.39, 0.29) is 24.9 Å². The van der Waals surface area contributed by atoms with Crippen molar-refractivity contribution in [2.75, 3.05) is 25.1 Å². The van der Waals surface area contributed by atoms with Crippen molar-refractivity contribution in [3.8, 4) is 0 Å². The molecule has 1 rings (SSSR count). The van der Waals surface area contributed by atoms with Gasteiger partial charge in [-0.1, -0.05) is 82.7 Å². The highest BCUT2D eigenvalue weighted by Crippen LogP contribution is 2.27. The number of aliphatic hydroxyl groups excluding tert-OH is 2. The standard InChI is InChI=1S/C27H45NO4/c1-3-4-5-6-7-8-9-10-11-12-13-16-19-28-26-18-15-14-17-25(26)23(2)20-27(31)32-22-24(30)21-29/h11-12,14-15,17-18,23-24,28-30H,3-10,13,16,19-22H2,1-2H3/b12-11+. The van der Waals surface area contributed by atoms with E-state index in [2.05, 4.69) is 24.4 Å². The first-order chi connectivity index (χ1) is 15.6. The highest BCUT2D eigenvalue weighted by molar-refractivity contribution is 5.71. The Balaban J connectivity index is 2.24. The van der Waals surface area contributed by atoms with Gasteiger partial charge >= 0.3 is 5.97 Å². The molecule has 0 saturated heterocycles. The number of para-hydroxylation sites is 1. The van der Waals surface area contributed by atoms with E-state index in [4.69, 9.17) is 9.84 Å². The molecule has 0 amide bonds. The van der Waals surface area contributed by atoms with E-state index >= 15 is 0 Å². The number of benzene rings is 1. The molecule has 0 aliphatic rings. The molecule has 5 nitrogen and oxygen atoms in total. The predicted octanol–water partition coefficient (Wildman–Crippen LogP) is 5.97. The summed E-state index contributed by atoms with van der Waals surface area (Å²) in [4.78, 5) is 12.0. The Kier molecular flexibility index (Phi) is 16.5. The third kappa shape index (κ3) is 13.5. The first-order valence-corrected chi connectivity index (χ1v) is 12.5. The first-order valence-electron chi connectivity index (χ1n) is 12.5. The number of ether oxygens (including phenoxy) is 1. The molecule has 0 spiro atoms. The predicted molar refractivity (Wildman–Crippen MR) is 133 cm³/mol. The van der Waals surface area contributed by atoms with Gasteiger partial charge in [0.25, 0.3) is 0 Å². The van der Waals surface area contributed by atoms with Crippen molar-refractivity contribution in [3.63, 3.8) is 0 Å². The molecule has 0 aliphatic carbocycles. The van der Waals surface area contributed by atoms with Crippen LogP contribution in [0.3, 0.4) is 0 Å². The van der Waals surface area contributed by atoms with Crippen molar-refractivity contribution in [2.45, 2.75) is 96.5 Å². The Morgan fingerprint density at radius 3 is 2.41 bits per heavy atom. The summed E-state index contributed by atoms with van der Waals surface area (Å²) >= 11 is 0. The van der Waals surface area contributed by atoms with Gasteiger partial charge in [0.1, 0.15) is 12.7 Å². The fourth-order valence-electron chi connectivity index (χ4n) is 3.65. The molecule has 3 N–H and O–H groups in total. The number of hydrogen-bond acceptors (Lipinski definition) is 5. The van der Waals surface area contributed by atoms with Gasteiger partial charge in [0, 0.05) is 12.2 Å². The topological polar surface area (TPSA) is 78.8 Å². The van der Waals surface area contributed by atoms with Gasteiger partial charge in [-0.25, -0.2) is 0 Å². The van der Waals surface area contributed by atoms with Crippen molar-refractivity contribution >= 4 is 11.7 Å². The second-order valence-corrected chi connectivity index (χ2v) is 8.66. The minimum Gasteiger partial charge on any atom is -0.463 e. The average molecular weight is 448 g/mol. The molecule has 182 valence electrons. The Labute approximate surface area is 195 Å². The van der Waals surface area contributed by atoms with Crippen LogP contribution in [-0.2, 0) is 9.53 Å². The zero-order valence-electron chi connectivity index (χ0n) is 20.2. The second kappa shape index (κ2) is 18.7. The van der Waals surface area contributed by atoms with Gasteiger partial charge in [-0.2, -0.15) is 0 Å². The number of esters is 1. The van der Waals surface area contributed by atoms with Crippen molar-refractivity contribution in [1.29, 1.82) is 0 Å². The van der Waals surface area contributed by atoms with E-state index in [0.29, 0.717) is 0 Å². The van der Waals surface area contributed by atoms with Crippen molar-refractivity contribution < 1.29 is 19.7 Å². The summed E-state index contributed by atoms with van der Waals surface area (Å²) in [6.07, 6.45) is 16.6. The SMILES string of the molecule is CCCCCCCCC/C=C/CCCNc1ccccc1C(C)CC(=O)OCC(O)CO. The van der Waals surface area contributed by atoms with Crippen LogP contribution in [0, 0.1) is 0 Å². The summed E-state index contributed by atoms with van der Waals surface area (Å²) in [5.41, 5.74) is 2.14. The van der Waals surface area contributed by atoms with Crippen LogP contribution < -0.4 is 5.32 Å². The minimum absolute atomic E-state index is 0.000613. The minimum atomic E-state index is -1.02. The molecule has 0 fully saturated rings. The summed E-state index contributed by atoms with van der Waals surface area (Å²) in [5.74, 6) is -0.370.